The maximum atomic E-state index is 12.2. The molecule has 0 saturated carbocycles. The minimum absolute atomic E-state index is 0.0174. The first-order valence-corrected chi connectivity index (χ1v) is 6.79. The minimum Gasteiger partial charge on any atom is -0.480 e. The van der Waals surface area contributed by atoms with Gasteiger partial charge in [-0.3, -0.25) is 19.2 Å². The van der Waals surface area contributed by atoms with Crippen LogP contribution in [0, 0.1) is 13.8 Å². The summed E-state index contributed by atoms with van der Waals surface area (Å²) in [4.78, 5) is 24.7. The topological polar surface area (TPSA) is 87.5 Å². The summed E-state index contributed by atoms with van der Waals surface area (Å²) in [7, 11) is 1.81. The normalized spacial score (nSPS) is 11.8. The molecule has 0 spiro atoms. The average Bonchev–Trinajstić information content (AvgIpc) is 2.53. The van der Waals surface area contributed by atoms with Gasteiger partial charge in [0.15, 0.2) is 0 Å². The Hall–Kier alpha value is -1.89. The van der Waals surface area contributed by atoms with Crippen LogP contribution in [0.4, 0.5) is 5.69 Å². The van der Waals surface area contributed by atoms with Crippen molar-refractivity contribution in [1.29, 1.82) is 0 Å². The number of hydrogen-bond donors (Lipinski definition) is 2. The Morgan fingerprint density at radius 1 is 1.29 bits per heavy atom. The maximum Gasteiger partial charge on any atom is 0.317 e. The van der Waals surface area contributed by atoms with E-state index in [-0.39, 0.29) is 19.0 Å². The summed E-state index contributed by atoms with van der Waals surface area (Å²) < 4.78 is 1.70. The molecule has 0 bridgehead atoms. The summed E-state index contributed by atoms with van der Waals surface area (Å²) in [5, 5.41) is 16.0. The van der Waals surface area contributed by atoms with Gasteiger partial charge in [0.05, 0.1) is 30.2 Å². The molecule has 0 aliphatic rings. The highest BCUT2D eigenvalue weighted by molar-refractivity contribution is 5.93. The zero-order valence-corrected chi connectivity index (χ0v) is 13.5. The van der Waals surface area contributed by atoms with E-state index in [0.29, 0.717) is 5.69 Å². The van der Waals surface area contributed by atoms with E-state index in [1.165, 1.54) is 0 Å². The number of aryl methyl sites for hydroxylation is 2. The van der Waals surface area contributed by atoms with Crippen LogP contribution in [0.3, 0.4) is 0 Å². The number of anilines is 1. The SMILES string of the molecule is Cc1nn(C)c(C)c1NC(=O)CN(CC(=O)O)C(C)(C)C. The molecule has 7 heteroatoms. The lowest BCUT2D eigenvalue weighted by atomic mass is 10.1. The predicted molar refractivity (Wildman–Crippen MR) is 80.3 cm³/mol. The Labute approximate surface area is 124 Å². The maximum absolute atomic E-state index is 12.2. The molecule has 7 nitrogen and oxygen atoms in total. The van der Waals surface area contributed by atoms with Crippen LogP contribution in [-0.4, -0.2) is 50.3 Å². The van der Waals surface area contributed by atoms with E-state index in [1.807, 2.05) is 41.7 Å². The van der Waals surface area contributed by atoms with Crippen molar-refractivity contribution in [3.8, 4) is 0 Å². The number of nitrogens with one attached hydrogen (secondary N) is 1. The molecule has 0 saturated heterocycles. The van der Waals surface area contributed by atoms with Gasteiger partial charge in [-0.1, -0.05) is 0 Å². The number of carbonyl (C=O) groups excluding carboxylic acids is 1. The fourth-order valence-corrected chi connectivity index (χ4v) is 2.00. The van der Waals surface area contributed by atoms with Crippen molar-refractivity contribution in [2.75, 3.05) is 18.4 Å². The molecule has 0 radical (unpaired) electrons. The van der Waals surface area contributed by atoms with E-state index in [4.69, 9.17) is 5.11 Å². The molecule has 1 heterocycles. The van der Waals surface area contributed by atoms with E-state index in [2.05, 4.69) is 10.4 Å². The molecule has 1 rings (SSSR count). The quantitative estimate of drug-likeness (QED) is 0.851. The minimum atomic E-state index is -0.952. The Kier molecular flexibility index (Phi) is 5.11. The molecule has 118 valence electrons. The number of hydrogen-bond acceptors (Lipinski definition) is 4. The number of aliphatic carboxylic acids is 1. The van der Waals surface area contributed by atoms with Crippen molar-refractivity contribution in [3.05, 3.63) is 11.4 Å². The third-order valence-electron chi connectivity index (χ3n) is 3.38. The number of amides is 1. The van der Waals surface area contributed by atoms with Crippen LogP contribution in [0.25, 0.3) is 0 Å². The summed E-state index contributed by atoms with van der Waals surface area (Å²) in [6, 6.07) is 0. The Bertz CT molecular complexity index is 543. The van der Waals surface area contributed by atoms with Crippen molar-refractivity contribution >= 4 is 17.6 Å². The first-order chi connectivity index (χ1) is 9.52. The van der Waals surface area contributed by atoms with Gasteiger partial charge in [-0.25, -0.2) is 0 Å². The second kappa shape index (κ2) is 6.26. The van der Waals surface area contributed by atoms with Gasteiger partial charge in [-0.2, -0.15) is 5.10 Å². The van der Waals surface area contributed by atoms with Crippen LogP contribution < -0.4 is 5.32 Å². The van der Waals surface area contributed by atoms with Crippen molar-refractivity contribution < 1.29 is 14.7 Å². The number of rotatable bonds is 5. The van der Waals surface area contributed by atoms with Crippen LogP contribution in [-0.2, 0) is 16.6 Å². The van der Waals surface area contributed by atoms with Crippen LogP contribution in [0.15, 0.2) is 0 Å². The van der Waals surface area contributed by atoms with E-state index in [0.717, 1.165) is 11.4 Å². The van der Waals surface area contributed by atoms with Crippen LogP contribution in [0.2, 0.25) is 0 Å². The molecule has 0 aliphatic carbocycles. The molecule has 1 aromatic heterocycles. The molecular formula is C14H24N4O3. The zero-order chi connectivity index (χ0) is 16.4. The first-order valence-electron chi connectivity index (χ1n) is 6.79. The lowest BCUT2D eigenvalue weighted by Crippen LogP contribution is -2.48. The molecule has 0 aromatic carbocycles. The Morgan fingerprint density at radius 2 is 1.86 bits per heavy atom. The smallest absolute Gasteiger partial charge is 0.317 e. The fourth-order valence-electron chi connectivity index (χ4n) is 2.00. The van der Waals surface area contributed by atoms with Gasteiger partial charge in [0, 0.05) is 12.6 Å². The highest BCUT2D eigenvalue weighted by atomic mass is 16.4. The molecule has 21 heavy (non-hydrogen) atoms. The van der Waals surface area contributed by atoms with Gasteiger partial charge < -0.3 is 10.4 Å². The van der Waals surface area contributed by atoms with Crippen LogP contribution in [0.5, 0.6) is 0 Å². The van der Waals surface area contributed by atoms with Gasteiger partial charge in [-0.05, 0) is 34.6 Å². The average molecular weight is 296 g/mol. The van der Waals surface area contributed by atoms with E-state index < -0.39 is 11.5 Å². The number of carboxylic acids is 1. The van der Waals surface area contributed by atoms with Crippen molar-refractivity contribution in [2.45, 2.75) is 40.2 Å². The third kappa shape index (κ3) is 4.56. The molecular weight excluding hydrogens is 272 g/mol. The van der Waals surface area contributed by atoms with Crippen molar-refractivity contribution in [3.63, 3.8) is 0 Å². The highest BCUT2D eigenvalue weighted by Crippen LogP contribution is 2.19. The van der Waals surface area contributed by atoms with Gasteiger partial charge in [-0.15, -0.1) is 0 Å². The number of carbonyl (C=O) groups is 2. The van der Waals surface area contributed by atoms with Gasteiger partial charge in [0.1, 0.15) is 0 Å². The second-order valence-electron chi connectivity index (χ2n) is 6.14. The first kappa shape index (κ1) is 17.2. The van der Waals surface area contributed by atoms with Crippen LogP contribution in [0.1, 0.15) is 32.2 Å². The zero-order valence-electron chi connectivity index (χ0n) is 13.5. The molecule has 0 fully saturated rings. The summed E-state index contributed by atoms with van der Waals surface area (Å²) in [5.41, 5.74) is 1.88. The summed E-state index contributed by atoms with van der Waals surface area (Å²) in [6.07, 6.45) is 0. The summed E-state index contributed by atoms with van der Waals surface area (Å²) in [6.45, 7) is 9.17. The summed E-state index contributed by atoms with van der Waals surface area (Å²) >= 11 is 0. The molecule has 0 atom stereocenters. The third-order valence-corrected chi connectivity index (χ3v) is 3.38. The van der Waals surface area contributed by atoms with Gasteiger partial charge in [0.2, 0.25) is 5.91 Å². The summed E-state index contributed by atoms with van der Waals surface area (Å²) in [5.74, 6) is -1.20. The predicted octanol–water partition coefficient (Wildman–Crippen LogP) is 1.16. The molecule has 0 unspecified atom stereocenters. The number of nitrogens with zero attached hydrogens (tertiary/aromatic N) is 3. The lowest BCUT2D eigenvalue weighted by molar-refractivity contribution is -0.140. The standard InChI is InChI=1S/C14H24N4O3/c1-9-13(10(2)17(6)16-9)15-11(19)7-18(8-12(20)21)14(3,4)5/h7-8H2,1-6H3,(H,15,19)(H,20,21). The molecule has 1 amide bonds. The number of carboxylic acid groups (broad SMARTS) is 1. The van der Waals surface area contributed by atoms with Crippen molar-refractivity contribution in [1.82, 2.24) is 14.7 Å². The monoisotopic (exact) mass is 296 g/mol. The van der Waals surface area contributed by atoms with Crippen molar-refractivity contribution in [2.24, 2.45) is 7.05 Å². The second-order valence-corrected chi connectivity index (χ2v) is 6.14. The van der Waals surface area contributed by atoms with E-state index in [9.17, 15) is 9.59 Å². The Balaban J connectivity index is 2.81. The van der Waals surface area contributed by atoms with E-state index >= 15 is 0 Å². The Morgan fingerprint density at radius 3 is 2.24 bits per heavy atom. The van der Waals surface area contributed by atoms with Gasteiger partial charge >= 0.3 is 5.97 Å². The molecule has 2 N–H and O–H groups in total. The fraction of sp³-hybridized carbons (Fsp3) is 0.643. The van der Waals surface area contributed by atoms with Crippen LogP contribution >= 0.6 is 0 Å². The highest BCUT2D eigenvalue weighted by Gasteiger charge is 2.26. The van der Waals surface area contributed by atoms with E-state index in [1.54, 1.807) is 9.58 Å². The van der Waals surface area contributed by atoms with Gasteiger partial charge in [0.25, 0.3) is 0 Å². The lowest BCUT2D eigenvalue weighted by Gasteiger charge is -2.33. The molecule has 0 aliphatic heterocycles. The molecule has 1 aromatic rings. The number of aromatic nitrogens is 2. The largest absolute Gasteiger partial charge is 0.480 e.